The van der Waals surface area contributed by atoms with Gasteiger partial charge in [0.25, 0.3) is 0 Å². The second kappa shape index (κ2) is 24.2. The van der Waals surface area contributed by atoms with Gasteiger partial charge < -0.3 is 49.6 Å². The molecule has 1 fully saturated rings. The fourth-order valence-electron chi connectivity index (χ4n) is 4.38. The number of amides is 1. The summed E-state index contributed by atoms with van der Waals surface area (Å²) in [5, 5.41) is 2.49. The average molecular weight is 905 g/mol. The van der Waals surface area contributed by atoms with Crippen molar-refractivity contribution in [1.82, 2.24) is 14.9 Å². The molecule has 7 N–H and O–H groups in total. The van der Waals surface area contributed by atoms with Crippen molar-refractivity contribution in [2.75, 3.05) is 49.7 Å². The molecule has 0 aromatic carbocycles. The molecule has 54 heavy (non-hydrogen) atoms. The van der Waals surface area contributed by atoms with Crippen molar-refractivity contribution >= 4 is 78.6 Å². The number of hydrogen-bond acceptors (Lipinski definition) is 18. The molecule has 1 aliphatic rings. The summed E-state index contributed by atoms with van der Waals surface area (Å²) in [4.78, 5) is 65.4. The molecular weight excluding hydrogens is 857 g/mol. The molecule has 27 heteroatoms. The lowest BCUT2D eigenvalue weighted by Gasteiger charge is -2.22. The Morgan fingerprint density at radius 3 is 2.50 bits per heavy atom. The van der Waals surface area contributed by atoms with E-state index < -0.39 is 60.3 Å². The Labute approximate surface area is 329 Å². The second-order valence-corrected chi connectivity index (χ2v) is 21.6. The molecule has 1 amide bonds. The Balaban J connectivity index is 1.93. The standard InChI is InChI=1S/C27H47N4O16P3S4/c1-5-11-27(3,4)54-53-18-41-13-7-8-14-42-26(33)29-12-9-10-20-16-31(25(32)30-24(20)28)23-15-21(43-19-52-51-6-2)22(45-23)17-44-49(37,38)47-50(39,40)46-48(34,35)36/h16,21-23H,5-8,11-15,17-19H2,1-4H3,(H,29,33)(H,37,38)(H,39,40)(H2,28,30,32)(H2,34,35,36)/t21-,22+,23+/m0/s1. The van der Waals surface area contributed by atoms with E-state index in [0.717, 1.165) is 29.6 Å². The summed E-state index contributed by atoms with van der Waals surface area (Å²) in [5.74, 6) is 6.71. The quantitative estimate of drug-likeness (QED) is 0.0248. The zero-order valence-corrected chi connectivity index (χ0v) is 35.9. The van der Waals surface area contributed by atoms with E-state index in [9.17, 15) is 33.1 Å². The first-order valence-corrected chi connectivity index (χ1v) is 25.6. The molecule has 310 valence electrons. The van der Waals surface area contributed by atoms with E-state index in [1.165, 1.54) is 27.8 Å². The molecule has 0 spiro atoms. The maximum atomic E-state index is 12.8. The minimum absolute atomic E-state index is 0.00487. The lowest BCUT2D eigenvalue weighted by molar-refractivity contribution is -0.0543. The number of alkyl carbamates (subject to hydrolysis) is 1. The average Bonchev–Trinajstić information content (AvgIpc) is 3.45. The number of phosphoric ester groups is 1. The van der Waals surface area contributed by atoms with Crippen LogP contribution in [0.2, 0.25) is 0 Å². The van der Waals surface area contributed by atoms with Crippen LogP contribution in [-0.2, 0) is 45.8 Å². The largest absolute Gasteiger partial charge is 0.490 e. The molecule has 1 saturated heterocycles. The van der Waals surface area contributed by atoms with Gasteiger partial charge in [0.1, 0.15) is 30.0 Å². The van der Waals surface area contributed by atoms with Crippen LogP contribution in [0.5, 0.6) is 0 Å². The van der Waals surface area contributed by atoms with Crippen LogP contribution in [0.25, 0.3) is 0 Å². The Morgan fingerprint density at radius 2 is 1.81 bits per heavy atom. The van der Waals surface area contributed by atoms with Crippen LogP contribution in [0, 0.1) is 11.8 Å². The summed E-state index contributed by atoms with van der Waals surface area (Å²) in [6.45, 7) is 8.34. The summed E-state index contributed by atoms with van der Waals surface area (Å²) < 4.78 is 70.8. The number of nitrogens with zero attached hydrogens (tertiary/aromatic N) is 2. The van der Waals surface area contributed by atoms with E-state index in [1.54, 1.807) is 10.8 Å². The van der Waals surface area contributed by atoms with Crippen molar-refractivity contribution in [3.05, 3.63) is 22.2 Å². The van der Waals surface area contributed by atoms with Crippen molar-refractivity contribution in [2.45, 2.75) is 83.0 Å². The third-order valence-corrected chi connectivity index (χ3v) is 15.5. The molecule has 0 radical (unpaired) electrons. The third-order valence-electron chi connectivity index (χ3n) is 6.55. The van der Waals surface area contributed by atoms with E-state index in [2.05, 4.69) is 51.5 Å². The summed E-state index contributed by atoms with van der Waals surface area (Å²) in [5.41, 5.74) is 5.20. The number of phosphoric acid groups is 3. The van der Waals surface area contributed by atoms with Crippen LogP contribution >= 0.6 is 66.6 Å². The maximum Gasteiger partial charge on any atom is 0.490 e. The third kappa shape index (κ3) is 20.6. The highest BCUT2D eigenvalue weighted by molar-refractivity contribution is 8.77. The molecule has 1 aliphatic heterocycles. The lowest BCUT2D eigenvalue weighted by Crippen LogP contribution is -2.29. The first kappa shape index (κ1) is 49.3. The number of aromatic nitrogens is 2. The highest BCUT2D eigenvalue weighted by Gasteiger charge is 2.43. The number of nitrogens with one attached hydrogen (secondary N) is 1. The predicted molar refractivity (Wildman–Crippen MR) is 207 cm³/mol. The zero-order valence-electron chi connectivity index (χ0n) is 29.9. The van der Waals surface area contributed by atoms with Gasteiger partial charge in [-0.15, -0.1) is 0 Å². The van der Waals surface area contributed by atoms with Crippen molar-refractivity contribution in [3.8, 4) is 11.8 Å². The Morgan fingerprint density at radius 1 is 1.09 bits per heavy atom. The van der Waals surface area contributed by atoms with Gasteiger partial charge >= 0.3 is 35.3 Å². The van der Waals surface area contributed by atoms with Crippen LogP contribution in [0.4, 0.5) is 10.6 Å². The number of nitrogens with two attached hydrogens (primary N) is 1. The molecular formula is C27H47N4O16P3S4. The van der Waals surface area contributed by atoms with Gasteiger partial charge in [-0.25, -0.2) is 23.3 Å². The van der Waals surface area contributed by atoms with Crippen LogP contribution in [0.1, 0.15) is 71.6 Å². The van der Waals surface area contributed by atoms with E-state index in [-0.39, 0.29) is 41.6 Å². The van der Waals surface area contributed by atoms with Crippen LogP contribution < -0.4 is 16.7 Å². The first-order valence-electron chi connectivity index (χ1n) is 16.2. The second-order valence-electron chi connectivity index (χ2n) is 11.6. The molecule has 0 saturated carbocycles. The molecule has 0 aliphatic carbocycles. The number of hydrogen-bond donors (Lipinski definition) is 6. The van der Waals surface area contributed by atoms with Gasteiger partial charge in [-0.2, -0.15) is 13.6 Å². The molecule has 2 heterocycles. The van der Waals surface area contributed by atoms with Gasteiger partial charge in [0.15, 0.2) is 0 Å². The molecule has 1 aromatic heterocycles. The van der Waals surface area contributed by atoms with E-state index >= 15 is 0 Å². The predicted octanol–water partition coefficient (Wildman–Crippen LogP) is 4.99. The van der Waals surface area contributed by atoms with E-state index in [4.69, 9.17) is 39.0 Å². The van der Waals surface area contributed by atoms with Gasteiger partial charge in [-0.3, -0.25) is 9.09 Å². The number of carbonyl (C=O) groups excluding carboxylic acids is 1. The number of nitrogen functional groups attached to an aromatic ring is 1. The molecule has 0 bridgehead atoms. The minimum Gasteiger partial charge on any atom is -0.450 e. The monoisotopic (exact) mass is 904 g/mol. The smallest absolute Gasteiger partial charge is 0.450 e. The number of rotatable bonds is 25. The first-order chi connectivity index (χ1) is 25.3. The number of ether oxygens (including phenoxy) is 4. The zero-order chi connectivity index (χ0) is 40.4. The fraction of sp³-hybridized carbons (Fsp3) is 0.741. The Bertz CT molecular complexity index is 1610. The van der Waals surface area contributed by atoms with Crippen LogP contribution in [0.15, 0.2) is 11.0 Å². The van der Waals surface area contributed by atoms with Gasteiger partial charge in [0, 0.05) is 29.7 Å². The number of anilines is 1. The summed E-state index contributed by atoms with van der Waals surface area (Å²) >= 11 is 0. The van der Waals surface area contributed by atoms with Crippen molar-refractivity contribution in [1.29, 1.82) is 0 Å². The van der Waals surface area contributed by atoms with Crippen LogP contribution in [-0.4, -0.2) is 96.2 Å². The van der Waals surface area contributed by atoms with E-state index in [1.807, 2.05) is 17.7 Å². The molecule has 1 aromatic rings. The SMILES string of the molecule is CCCC(C)(C)SSCOCCCCOC(=O)NCC#Cc1cn([C@H]2C[C@H](OCSSCC)[C@@H](COP(=O)(O)OP(=O)(O)OP(=O)(O)O)O2)c(=O)nc1N. The molecule has 2 unspecified atom stereocenters. The molecule has 2 rings (SSSR count). The summed E-state index contributed by atoms with van der Waals surface area (Å²) in [6.07, 6.45) is 1.09. The molecule has 5 atom stereocenters. The Hall–Kier alpha value is -0.800. The normalized spacial score (nSPS) is 19.7. The topological polar surface area (TPSA) is 287 Å². The summed E-state index contributed by atoms with van der Waals surface area (Å²) in [6, 6.07) is 0. The highest BCUT2D eigenvalue weighted by Crippen LogP contribution is 2.66. The van der Waals surface area contributed by atoms with Crippen LogP contribution in [0.3, 0.4) is 0 Å². The number of carbonyl (C=O) groups is 1. The van der Waals surface area contributed by atoms with E-state index in [0.29, 0.717) is 19.0 Å². The van der Waals surface area contributed by atoms with Crippen molar-refractivity contribution in [2.24, 2.45) is 0 Å². The van der Waals surface area contributed by atoms with Crippen molar-refractivity contribution < 1.29 is 70.2 Å². The van der Waals surface area contributed by atoms with Gasteiger partial charge in [0.2, 0.25) is 0 Å². The van der Waals surface area contributed by atoms with Gasteiger partial charge in [-0.1, -0.05) is 75.3 Å². The maximum absolute atomic E-state index is 12.8. The van der Waals surface area contributed by atoms with Gasteiger partial charge in [-0.05, 0) is 33.1 Å². The fourth-order valence-corrected chi connectivity index (χ4v) is 11.1. The highest BCUT2D eigenvalue weighted by atomic mass is 33.1. The summed E-state index contributed by atoms with van der Waals surface area (Å²) in [7, 11) is -10.5. The van der Waals surface area contributed by atoms with Crippen molar-refractivity contribution in [3.63, 3.8) is 0 Å². The molecule has 20 nitrogen and oxygen atoms in total. The Kier molecular flexibility index (Phi) is 22.1. The minimum atomic E-state index is -5.74. The lowest BCUT2D eigenvalue weighted by atomic mass is 10.1. The number of unbranched alkanes of at least 4 members (excludes halogenated alkanes) is 1. The van der Waals surface area contributed by atoms with Gasteiger partial charge in [0.05, 0.1) is 31.4 Å².